The van der Waals surface area contributed by atoms with Gasteiger partial charge in [0.25, 0.3) is 0 Å². The van der Waals surface area contributed by atoms with Crippen LogP contribution in [0, 0.1) is 36.9 Å². The number of aromatic nitrogens is 2. The first-order chi connectivity index (χ1) is 29.5. The van der Waals surface area contributed by atoms with Crippen molar-refractivity contribution in [2.75, 3.05) is 13.7 Å². The Bertz CT molecular complexity index is 2530. The van der Waals surface area contributed by atoms with Crippen LogP contribution in [0.15, 0.2) is 53.9 Å². The Balaban J connectivity index is 1.16. The summed E-state index contributed by atoms with van der Waals surface area (Å²) in [6, 6.07) is 9.53. The number of sulfonamides is 1. The number of carbonyl (C=O) groups excluding carboxylic acids is 3. The van der Waals surface area contributed by atoms with E-state index in [9.17, 15) is 22.4 Å². The van der Waals surface area contributed by atoms with Crippen LogP contribution in [0.25, 0.3) is 21.6 Å². The van der Waals surface area contributed by atoms with Crippen molar-refractivity contribution in [1.29, 1.82) is 0 Å². The van der Waals surface area contributed by atoms with Gasteiger partial charge in [-0.2, -0.15) is 0 Å². The molecule has 5 atom stereocenters. The lowest BCUT2D eigenvalue weighted by molar-refractivity contribution is -0.142. The Morgan fingerprint density at radius 3 is 2.56 bits per heavy atom. The quantitative estimate of drug-likeness (QED) is 0.154. The number of methoxy groups -OCH3 is 1. The van der Waals surface area contributed by atoms with E-state index in [0.717, 1.165) is 52.9 Å². The number of ether oxygens (including phenoxy) is 2. The first-order valence-corrected chi connectivity index (χ1v) is 24.3. The van der Waals surface area contributed by atoms with E-state index in [1.165, 1.54) is 23.5 Å². The van der Waals surface area contributed by atoms with Crippen molar-refractivity contribution in [3.63, 3.8) is 0 Å². The van der Waals surface area contributed by atoms with Crippen molar-refractivity contribution in [3.05, 3.63) is 82.1 Å². The fourth-order valence-corrected chi connectivity index (χ4v) is 11.6. The third-order valence-electron chi connectivity index (χ3n) is 13.5. The van der Waals surface area contributed by atoms with E-state index in [-0.39, 0.29) is 48.7 Å². The van der Waals surface area contributed by atoms with Crippen LogP contribution in [0.2, 0.25) is 0 Å². The minimum Gasteiger partial charge on any atom is -0.496 e. The zero-order chi connectivity index (χ0) is 44.1. The Kier molecular flexibility index (Phi) is 12.1. The first-order valence-electron chi connectivity index (χ1n) is 21.9. The first kappa shape index (κ1) is 43.9. The monoisotopic (exact) mass is 884 g/mol. The van der Waals surface area contributed by atoms with Gasteiger partial charge in [0.15, 0.2) is 5.78 Å². The van der Waals surface area contributed by atoms with Gasteiger partial charge in [-0.25, -0.2) is 22.8 Å². The molecule has 2 aromatic carbocycles. The maximum atomic E-state index is 15.0. The summed E-state index contributed by atoms with van der Waals surface area (Å²) in [5, 5.41) is 3.50. The number of benzene rings is 2. The number of nitrogens with one attached hydrogen (secondary N) is 1. The highest BCUT2D eigenvalue weighted by atomic mass is 32.2. The van der Waals surface area contributed by atoms with Gasteiger partial charge in [-0.15, -0.1) is 11.3 Å². The Morgan fingerprint density at radius 1 is 1.06 bits per heavy atom. The maximum Gasteiger partial charge on any atom is 0.240 e. The van der Waals surface area contributed by atoms with Crippen molar-refractivity contribution >= 4 is 49.9 Å². The molecule has 2 aliphatic carbocycles. The molecule has 330 valence electrons. The van der Waals surface area contributed by atoms with E-state index >= 15 is 4.79 Å². The molecule has 0 bridgehead atoms. The molecule has 14 heteroatoms. The second-order valence-electron chi connectivity index (χ2n) is 18.6. The van der Waals surface area contributed by atoms with E-state index in [1.807, 2.05) is 55.6 Å². The number of aryl methyl sites for hydroxylation is 2. The summed E-state index contributed by atoms with van der Waals surface area (Å²) in [5.74, 6) is -0.992. The van der Waals surface area contributed by atoms with Gasteiger partial charge in [0, 0.05) is 41.2 Å². The average Bonchev–Trinajstić information content (AvgIpc) is 3.99. The molecule has 4 heterocycles. The van der Waals surface area contributed by atoms with E-state index in [2.05, 4.69) is 18.6 Å². The van der Waals surface area contributed by atoms with E-state index in [1.54, 1.807) is 18.9 Å². The van der Waals surface area contributed by atoms with E-state index in [0.29, 0.717) is 60.4 Å². The number of pyridine rings is 1. The van der Waals surface area contributed by atoms with Crippen LogP contribution in [-0.2, 0) is 30.8 Å². The second-order valence-corrected chi connectivity index (χ2v) is 21.7. The maximum absolute atomic E-state index is 15.0. The van der Waals surface area contributed by atoms with Gasteiger partial charge in [-0.3, -0.25) is 19.1 Å². The molecular weight excluding hydrogens is 828 g/mol. The number of nitrogens with zero attached hydrogens (tertiary/aromatic N) is 3. The second kappa shape index (κ2) is 17.1. The number of halogens is 1. The topological polar surface area (TPSA) is 145 Å². The Morgan fingerprint density at radius 2 is 1.85 bits per heavy atom. The summed E-state index contributed by atoms with van der Waals surface area (Å²) in [4.78, 5) is 55.6. The van der Waals surface area contributed by atoms with Crippen LogP contribution in [0.1, 0.15) is 113 Å². The van der Waals surface area contributed by atoms with E-state index in [4.69, 9.17) is 19.4 Å². The number of hydrogen-bond donors (Lipinski definition) is 1. The molecule has 0 unspecified atom stereocenters. The van der Waals surface area contributed by atoms with Gasteiger partial charge in [-0.05, 0) is 113 Å². The number of rotatable bonds is 10. The molecule has 2 aromatic heterocycles. The molecule has 1 N–H and O–H groups in total. The number of allylic oxidation sites excluding steroid dienone is 2. The zero-order valence-electron chi connectivity index (χ0n) is 36.5. The molecule has 0 spiro atoms. The molecule has 62 heavy (non-hydrogen) atoms. The molecule has 3 fully saturated rings. The predicted molar refractivity (Wildman–Crippen MR) is 238 cm³/mol. The van der Waals surface area contributed by atoms with Crippen molar-refractivity contribution < 1.29 is 36.7 Å². The number of hydrogen-bond acceptors (Lipinski definition) is 10. The van der Waals surface area contributed by atoms with Crippen LogP contribution in [0.4, 0.5) is 4.39 Å². The number of Topliss-reactive ketones (excluding diaryl/α,β-unsaturated/α-hetero) is 1. The molecule has 2 amide bonds. The largest absolute Gasteiger partial charge is 0.496 e. The summed E-state index contributed by atoms with van der Waals surface area (Å²) in [7, 11) is -2.35. The predicted octanol–water partition coefficient (Wildman–Crippen LogP) is 8.94. The molecule has 2 saturated carbocycles. The van der Waals surface area contributed by atoms with Crippen molar-refractivity contribution in [3.8, 4) is 22.2 Å². The van der Waals surface area contributed by atoms with Gasteiger partial charge < -0.3 is 14.4 Å². The molecule has 2 aliphatic heterocycles. The fourth-order valence-electron chi connectivity index (χ4n) is 9.29. The highest BCUT2D eigenvalue weighted by Gasteiger charge is 2.62. The summed E-state index contributed by atoms with van der Waals surface area (Å²) >= 11 is 1.50. The number of fused-ring (bicyclic) bond motifs is 3. The zero-order valence-corrected chi connectivity index (χ0v) is 38.1. The van der Waals surface area contributed by atoms with Crippen LogP contribution in [0.5, 0.6) is 11.5 Å². The van der Waals surface area contributed by atoms with Gasteiger partial charge >= 0.3 is 0 Å². The molecule has 0 radical (unpaired) electrons. The average molecular weight is 885 g/mol. The molecule has 1 saturated heterocycles. The smallest absolute Gasteiger partial charge is 0.240 e. The normalized spacial score (nSPS) is 25.7. The molecule has 8 rings (SSSR count). The van der Waals surface area contributed by atoms with Crippen molar-refractivity contribution in [2.24, 2.45) is 17.3 Å². The Labute approximate surface area is 367 Å². The highest BCUT2D eigenvalue weighted by molar-refractivity contribution is 7.91. The van der Waals surface area contributed by atoms with Gasteiger partial charge in [0.1, 0.15) is 34.1 Å². The molecule has 11 nitrogen and oxygen atoms in total. The summed E-state index contributed by atoms with van der Waals surface area (Å²) in [5.41, 5.74) is 3.30. The van der Waals surface area contributed by atoms with Crippen LogP contribution in [0.3, 0.4) is 0 Å². The number of thiazole rings is 1. The number of amides is 2. The van der Waals surface area contributed by atoms with Gasteiger partial charge in [-0.1, -0.05) is 44.9 Å². The van der Waals surface area contributed by atoms with Gasteiger partial charge in [0.2, 0.25) is 21.8 Å². The third-order valence-corrected chi connectivity index (χ3v) is 16.6. The standard InChI is InChI=1S/C48H57FN4O7S2/c1-28(2)38-27-61-44(51-38)37-23-42(36-14-15-41(59-6)30(4)43(36)50-37)60-35-22-39-40(54)25-48(46(56)52-62(57,58)47(5)16-17-47)24-33(48)13-11-9-7-8-10-12-32(45(55)53(39)26-35)20-31-18-29(3)19-34(49)21-31/h11,13-15,18-19,21,23,27-28,32-33,35,39H,7-10,12,16-17,20,22,24-26H2,1-6H3,(H,52,56)/b13-11-/t32-,33-,35-,39+,48-/m1/s1. The summed E-state index contributed by atoms with van der Waals surface area (Å²) in [6.07, 6.45) is 8.67. The van der Waals surface area contributed by atoms with Crippen LogP contribution >= 0.6 is 11.3 Å². The number of carbonyl (C=O) groups is 3. The highest BCUT2D eigenvalue weighted by Crippen LogP contribution is 2.58. The van der Waals surface area contributed by atoms with Gasteiger partial charge in [0.05, 0.1) is 41.1 Å². The van der Waals surface area contributed by atoms with Crippen molar-refractivity contribution in [1.82, 2.24) is 19.6 Å². The van der Waals surface area contributed by atoms with Crippen molar-refractivity contribution in [2.45, 2.75) is 128 Å². The van der Waals surface area contributed by atoms with Crippen LogP contribution in [-0.4, -0.2) is 71.4 Å². The summed E-state index contributed by atoms with van der Waals surface area (Å²) < 4.78 is 55.3. The lowest BCUT2D eigenvalue weighted by Crippen LogP contribution is -2.47. The fraction of sp³-hybridized carbons (Fsp3) is 0.521. The SMILES string of the molecule is COc1ccc2c(O[C@@H]3C[C@H]4C(=O)C[C@]5(C(=O)NS(=O)(=O)C6(C)CC6)C[C@H]5/C=C\CCCCC[C@H](Cc5cc(C)cc(F)c5)C(=O)N4C3)cc(-c3nc(C(C)C)cs3)nc2c1C. The minimum absolute atomic E-state index is 0.103. The summed E-state index contributed by atoms with van der Waals surface area (Å²) in [6.45, 7) is 9.67. The molecule has 4 aliphatic rings. The van der Waals surface area contributed by atoms with Crippen LogP contribution < -0.4 is 14.2 Å². The minimum atomic E-state index is -3.96. The number of ketones is 1. The molecule has 4 aromatic rings. The Hall–Kier alpha value is -4.69. The van der Waals surface area contributed by atoms with E-state index < -0.39 is 44.2 Å². The third kappa shape index (κ3) is 8.78. The lowest BCUT2D eigenvalue weighted by atomic mass is 9.89. The lowest BCUT2D eigenvalue weighted by Gasteiger charge is -2.29. The molecular formula is C48H57FN4O7S2.